The third kappa shape index (κ3) is 6.69. The lowest BCUT2D eigenvalue weighted by atomic mass is 9.79. The second kappa shape index (κ2) is 12.5. The largest absolute Gasteiger partial charge is 0.416 e. The number of nitrogens with zero attached hydrogens (tertiary/aromatic N) is 6. The number of nitriles is 1. The van der Waals surface area contributed by atoms with E-state index in [-0.39, 0.29) is 40.9 Å². The fraction of sp³-hybridized carbons (Fsp3) is 0.406. The van der Waals surface area contributed by atoms with Crippen LogP contribution in [0.25, 0.3) is 22.8 Å². The molecular weight excluding hydrogens is 601 g/mol. The predicted octanol–water partition coefficient (Wildman–Crippen LogP) is 3.93. The summed E-state index contributed by atoms with van der Waals surface area (Å²) >= 11 is 0. The molecule has 2 heterocycles. The normalized spacial score (nSPS) is 19.6. The van der Waals surface area contributed by atoms with Crippen LogP contribution in [0.1, 0.15) is 30.5 Å². The Morgan fingerprint density at radius 1 is 1.17 bits per heavy atom. The number of rotatable bonds is 8. The lowest BCUT2D eigenvalue weighted by Gasteiger charge is -2.35. The van der Waals surface area contributed by atoms with Gasteiger partial charge in [0, 0.05) is 12.0 Å². The van der Waals surface area contributed by atoms with Crippen LogP contribution in [-0.2, 0) is 11.0 Å². The molecule has 0 radical (unpaired) electrons. The fourth-order valence-corrected chi connectivity index (χ4v) is 5.62. The van der Waals surface area contributed by atoms with Gasteiger partial charge >= 0.3 is 17.9 Å². The number of imidazole rings is 1. The summed E-state index contributed by atoms with van der Waals surface area (Å²) in [6.07, 6.45) is 3.31. The summed E-state index contributed by atoms with van der Waals surface area (Å²) < 4.78 is 45.0. The van der Waals surface area contributed by atoms with E-state index in [2.05, 4.69) is 21.8 Å². The molecule has 2 N–H and O–H groups in total. The van der Waals surface area contributed by atoms with Gasteiger partial charge in [0.1, 0.15) is 5.69 Å². The number of benzene rings is 1. The van der Waals surface area contributed by atoms with Gasteiger partial charge in [0.05, 0.1) is 80.8 Å². The molecule has 0 saturated heterocycles. The van der Waals surface area contributed by atoms with Gasteiger partial charge in [-0.3, -0.25) is 9.36 Å². The third-order valence-electron chi connectivity index (χ3n) is 8.21. The van der Waals surface area contributed by atoms with Crippen molar-refractivity contribution in [3.8, 4) is 23.1 Å². The molecule has 2 aliphatic carbocycles. The van der Waals surface area contributed by atoms with Crippen molar-refractivity contribution in [1.82, 2.24) is 29.5 Å². The molecule has 1 atom stereocenters. The molecule has 2 aromatic heterocycles. The van der Waals surface area contributed by atoms with Gasteiger partial charge in [0.2, 0.25) is 5.91 Å². The molecule has 14 heteroatoms. The topological polar surface area (TPSA) is 127 Å². The smallest absolute Gasteiger partial charge is 0.350 e. The number of halogens is 3. The Morgan fingerprint density at radius 2 is 1.91 bits per heavy atom. The van der Waals surface area contributed by atoms with Crippen LogP contribution in [0.5, 0.6) is 0 Å². The third-order valence-corrected chi connectivity index (χ3v) is 8.21. The maximum absolute atomic E-state index is 14.0. The number of alkyl halides is 3. The van der Waals surface area contributed by atoms with Crippen LogP contribution in [0.15, 0.2) is 59.6 Å². The first-order valence-electron chi connectivity index (χ1n) is 14.9. The minimum Gasteiger partial charge on any atom is -0.350 e. The minimum atomic E-state index is -4.64. The van der Waals surface area contributed by atoms with E-state index < -0.39 is 23.5 Å². The number of allylic oxidation sites excluding steroid dienone is 4. The highest BCUT2D eigenvalue weighted by atomic mass is 19.4. The van der Waals surface area contributed by atoms with E-state index in [1.165, 1.54) is 23.0 Å². The van der Waals surface area contributed by atoms with E-state index in [9.17, 15) is 32.8 Å². The first-order valence-corrected chi connectivity index (χ1v) is 14.9. The van der Waals surface area contributed by atoms with Crippen LogP contribution >= 0.6 is 0 Å². The lowest BCUT2D eigenvalue weighted by molar-refractivity contribution is -0.869. The van der Waals surface area contributed by atoms with Crippen LogP contribution < -0.4 is 16.3 Å². The van der Waals surface area contributed by atoms with E-state index in [0.29, 0.717) is 41.7 Å². The zero-order valence-corrected chi connectivity index (χ0v) is 26.0. The molecule has 1 saturated carbocycles. The number of hydrogen-bond donors (Lipinski definition) is 2. The molecule has 11 nitrogen and oxygen atoms in total. The summed E-state index contributed by atoms with van der Waals surface area (Å²) in [7, 11) is 6.08. The van der Waals surface area contributed by atoms with E-state index in [1.54, 1.807) is 25.1 Å². The van der Waals surface area contributed by atoms with Gasteiger partial charge in [-0.25, -0.2) is 18.8 Å². The molecule has 3 aromatic rings. The average Bonchev–Trinajstić information content (AvgIpc) is 3.55. The summed E-state index contributed by atoms with van der Waals surface area (Å²) in [6, 6.07) is 6.98. The van der Waals surface area contributed by atoms with Crippen molar-refractivity contribution in [1.29, 1.82) is 5.26 Å². The molecule has 5 rings (SSSR count). The minimum absolute atomic E-state index is 0.0564. The standard InChI is InChI=1S/C32H35F3N8O3/c1-20-28(27-12-13-38-42(27)25-10-8-21(19-36)9-11-25)41(31(46)40(20)26-7-5-6-23(18-26)32(33,34)35)30(45)39-24-16-22(17-24)29(44)37-14-15-43(2,3)4/h5-8,10-13,18,21-22,24H,9,14-17H2,1-4H3,(H-,37,39,44,45)/p+1. The van der Waals surface area contributed by atoms with Crippen molar-refractivity contribution in [2.24, 2.45) is 11.8 Å². The van der Waals surface area contributed by atoms with E-state index in [1.807, 2.05) is 27.2 Å². The lowest BCUT2D eigenvalue weighted by Crippen LogP contribution is -2.52. The SMILES string of the molecule is Cc1c(-c2ccnn2C2=CCC(C#N)C=C2)n(C(=O)NC2CC(C(=O)NCC[N+](C)(C)C)C2)c(=O)n1-c1cccc(C(F)(F)F)c1. The summed E-state index contributed by atoms with van der Waals surface area (Å²) in [5, 5.41) is 19.4. The zero-order valence-electron chi connectivity index (χ0n) is 26.0. The fourth-order valence-electron chi connectivity index (χ4n) is 5.62. The summed E-state index contributed by atoms with van der Waals surface area (Å²) in [5.74, 6) is -0.685. The van der Waals surface area contributed by atoms with Gasteiger partial charge in [-0.2, -0.15) is 23.5 Å². The zero-order chi connectivity index (χ0) is 33.4. The number of amides is 2. The number of aromatic nitrogens is 4. The Kier molecular flexibility index (Phi) is 8.81. The highest BCUT2D eigenvalue weighted by molar-refractivity contribution is 5.85. The molecule has 2 amide bonds. The molecule has 1 unspecified atom stereocenters. The summed E-state index contributed by atoms with van der Waals surface area (Å²) in [4.78, 5) is 40.4. The number of likely N-dealkylation sites (N-methyl/N-ethyl adjacent to an activating group) is 1. The highest BCUT2D eigenvalue weighted by Gasteiger charge is 2.37. The Balaban J connectivity index is 1.48. The second-order valence-corrected chi connectivity index (χ2v) is 12.6. The maximum Gasteiger partial charge on any atom is 0.416 e. The number of carbonyl (C=O) groups is 2. The molecule has 0 spiro atoms. The van der Waals surface area contributed by atoms with Crippen molar-refractivity contribution in [2.75, 3.05) is 34.2 Å². The molecule has 46 heavy (non-hydrogen) atoms. The first kappa shape index (κ1) is 32.5. The van der Waals surface area contributed by atoms with Gasteiger partial charge in [0.25, 0.3) is 0 Å². The van der Waals surface area contributed by atoms with Crippen LogP contribution in [0.4, 0.5) is 18.0 Å². The first-order chi connectivity index (χ1) is 21.7. The van der Waals surface area contributed by atoms with E-state index in [0.717, 1.165) is 27.8 Å². The van der Waals surface area contributed by atoms with Crippen molar-refractivity contribution in [3.63, 3.8) is 0 Å². The Morgan fingerprint density at radius 3 is 2.54 bits per heavy atom. The van der Waals surface area contributed by atoms with Crippen LogP contribution in [-0.4, -0.2) is 75.6 Å². The molecule has 1 aromatic carbocycles. The Bertz CT molecular complexity index is 1810. The Hall–Kier alpha value is -4.90. The van der Waals surface area contributed by atoms with Gasteiger partial charge in [-0.05, 0) is 56.5 Å². The Labute approximate surface area is 263 Å². The van der Waals surface area contributed by atoms with Crippen LogP contribution in [0, 0.1) is 30.1 Å². The number of carbonyl (C=O) groups excluding carboxylic acids is 2. The van der Waals surface area contributed by atoms with Crippen molar-refractivity contribution in [3.05, 3.63) is 76.5 Å². The van der Waals surface area contributed by atoms with Gasteiger partial charge in [-0.1, -0.05) is 18.2 Å². The van der Waals surface area contributed by atoms with Crippen molar-refractivity contribution < 1.29 is 27.2 Å². The van der Waals surface area contributed by atoms with Crippen molar-refractivity contribution >= 4 is 17.6 Å². The molecule has 1 fully saturated rings. The molecular formula is C32H36F3N8O3+. The average molecular weight is 638 g/mol. The van der Waals surface area contributed by atoms with E-state index >= 15 is 0 Å². The van der Waals surface area contributed by atoms with E-state index in [4.69, 9.17) is 0 Å². The molecule has 2 aliphatic rings. The quantitative estimate of drug-likeness (QED) is 0.362. The predicted molar refractivity (Wildman–Crippen MR) is 164 cm³/mol. The molecule has 242 valence electrons. The monoisotopic (exact) mass is 637 g/mol. The van der Waals surface area contributed by atoms with Gasteiger partial charge < -0.3 is 15.1 Å². The summed E-state index contributed by atoms with van der Waals surface area (Å²) in [6.45, 7) is 2.83. The second-order valence-electron chi connectivity index (χ2n) is 12.6. The van der Waals surface area contributed by atoms with Crippen molar-refractivity contribution in [2.45, 2.75) is 38.4 Å². The number of hydrogen-bond acceptors (Lipinski definition) is 5. The van der Waals surface area contributed by atoms with Gasteiger partial charge in [0.15, 0.2) is 0 Å². The highest BCUT2D eigenvalue weighted by Crippen LogP contribution is 2.33. The molecule has 0 bridgehead atoms. The number of quaternary nitrogens is 1. The summed E-state index contributed by atoms with van der Waals surface area (Å²) in [5.41, 5.74) is -0.532. The number of nitrogens with one attached hydrogen (secondary N) is 2. The van der Waals surface area contributed by atoms with Gasteiger partial charge in [-0.15, -0.1) is 0 Å². The maximum atomic E-state index is 14.0. The molecule has 0 aliphatic heterocycles. The van der Waals surface area contributed by atoms with Crippen LogP contribution in [0.3, 0.4) is 0 Å². The van der Waals surface area contributed by atoms with Crippen LogP contribution in [0.2, 0.25) is 0 Å².